The van der Waals surface area contributed by atoms with Gasteiger partial charge in [-0.2, -0.15) is 13.2 Å². The van der Waals surface area contributed by atoms with Crippen LogP contribution in [0.5, 0.6) is 17.2 Å². The summed E-state index contributed by atoms with van der Waals surface area (Å²) in [6.45, 7) is 0. The average molecular weight is 265 g/mol. The molecule has 0 aliphatic heterocycles. The van der Waals surface area contributed by atoms with Crippen LogP contribution in [0.2, 0.25) is 0 Å². The highest BCUT2D eigenvalue weighted by Gasteiger charge is 2.40. The second-order valence-electron chi connectivity index (χ2n) is 3.44. The zero-order valence-electron chi connectivity index (χ0n) is 10.2. The molecule has 0 saturated carbocycles. The van der Waals surface area contributed by atoms with E-state index in [0.29, 0.717) is 0 Å². The summed E-state index contributed by atoms with van der Waals surface area (Å²) in [5, 5.41) is 0. The minimum absolute atomic E-state index is 0.0807. The first kappa shape index (κ1) is 14.4. The molecule has 1 aromatic rings. The number of benzene rings is 1. The van der Waals surface area contributed by atoms with E-state index in [1.165, 1.54) is 33.5 Å². The molecule has 1 rings (SSSR count). The van der Waals surface area contributed by atoms with E-state index in [1.54, 1.807) is 0 Å². The van der Waals surface area contributed by atoms with Crippen LogP contribution >= 0.6 is 0 Å². The van der Waals surface area contributed by atoms with Gasteiger partial charge in [-0.3, -0.25) is 0 Å². The summed E-state index contributed by atoms with van der Waals surface area (Å²) >= 11 is 0. The van der Waals surface area contributed by atoms with Gasteiger partial charge in [0, 0.05) is 5.56 Å². The summed E-state index contributed by atoms with van der Waals surface area (Å²) in [5.41, 5.74) is 4.96. The summed E-state index contributed by atoms with van der Waals surface area (Å²) < 4.78 is 52.8. The Balaban J connectivity index is 3.38. The topological polar surface area (TPSA) is 53.7 Å². The van der Waals surface area contributed by atoms with Crippen LogP contribution in [0.1, 0.15) is 11.6 Å². The van der Waals surface area contributed by atoms with E-state index in [9.17, 15) is 13.2 Å². The Hall–Kier alpha value is -1.63. The molecule has 0 radical (unpaired) electrons. The maximum absolute atomic E-state index is 12.6. The Bertz CT molecular complexity index is 421. The number of ether oxygens (including phenoxy) is 3. The van der Waals surface area contributed by atoms with Crippen LogP contribution in [0.3, 0.4) is 0 Å². The van der Waals surface area contributed by atoms with Crippen molar-refractivity contribution in [1.29, 1.82) is 0 Å². The summed E-state index contributed by atoms with van der Waals surface area (Å²) in [6.07, 6.45) is -4.56. The van der Waals surface area contributed by atoms with Gasteiger partial charge in [-0.25, -0.2) is 0 Å². The number of alkyl halides is 3. The molecule has 0 saturated heterocycles. The highest BCUT2D eigenvalue weighted by molar-refractivity contribution is 5.56. The van der Waals surface area contributed by atoms with Crippen molar-refractivity contribution in [3.8, 4) is 17.2 Å². The molecule has 1 aromatic carbocycles. The Morgan fingerprint density at radius 3 is 1.94 bits per heavy atom. The van der Waals surface area contributed by atoms with Gasteiger partial charge in [0.05, 0.1) is 21.3 Å². The Labute approximate surface area is 102 Å². The molecule has 0 spiro atoms. The molecule has 0 fully saturated rings. The molecule has 4 nitrogen and oxygen atoms in total. The van der Waals surface area contributed by atoms with Gasteiger partial charge < -0.3 is 19.9 Å². The summed E-state index contributed by atoms with van der Waals surface area (Å²) in [6, 6.07) is 0.410. The van der Waals surface area contributed by atoms with E-state index < -0.39 is 12.2 Å². The fourth-order valence-electron chi connectivity index (χ4n) is 1.55. The van der Waals surface area contributed by atoms with E-state index in [2.05, 4.69) is 0 Å². The van der Waals surface area contributed by atoms with Crippen molar-refractivity contribution in [2.24, 2.45) is 5.73 Å². The molecule has 102 valence electrons. The molecule has 0 aliphatic rings. The SMILES string of the molecule is COc1ccc([C@@H](N)C(F)(F)F)c(OC)c1OC. The lowest BCUT2D eigenvalue weighted by Crippen LogP contribution is -2.28. The maximum atomic E-state index is 12.6. The first-order chi connectivity index (χ1) is 8.36. The number of rotatable bonds is 4. The van der Waals surface area contributed by atoms with Crippen molar-refractivity contribution in [3.63, 3.8) is 0 Å². The summed E-state index contributed by atoms with van der Waals surface area (Å²) in [7, 11) is 3.92. The van der Waals surface area contributed by atoms with Gasteiger partial charge in [0.1, 0.15) is 6.04 Å². The van der Waals surface area contributed by atoms with Gasteiger partial charge in [0.25, 0.3) is 0 Å². The van der Waals surface area contributed by atoms with E-state index in [4.69, 9.17) is 19.9 Å². The van der Waals surface area contributed by atoms with Gasteiger partial charge in [0.15, 0.2) is 11.5 Å². The number of hydrogen-bond acceptors (Lipinski definition) is 4. The van der Waals surface area contributed by atoms with Gasteiger partial charge in [0.2, 0.25) is 5.75 Å². The molecule has 0 aliphatic carbocycles. The second kappa shape index (κ2) is 5.34. The molecule has 0 heterocycles. The van der Waals surface area contributed by atoms with Gasteiger partial charge in [-0.1, -0.05) is 0 Å². The molecule has 2 N–H and O–H groups in total. The number of halogens is 3. The monoisotopic (exact) mass is 265 g/mol. The lowest BCUT2D eigenvalue weighted by molar-refractivity contribution is -0.149. The second-order valence-corrected chi connectivity index (χ2v) is 3.44. The smallest absolute Gasteiger partial charge is 0.407 e. The minimum Gasteiger partial charge on any atom is -0.493 e. The molecule has 18 heavy (non-hydrogen) atoms. The first-order valence-electron chi connectivity index (χ1n) is 4.98. The van der Waals surface area contributed by atoms with Gasteiger partial charge in [-0.05, 0) is 12.1 Å². The molecule has 7 heteroatoms. The molecule has 1 atom stereocenters. The van der Waals surface area contributed by atoms with E-state index in [1.807, 2.05) is 0 Å². The van der Waals surface area contributed by atoms with Gasteiger partial charge in [-0.15, -0.1) is 0 Å². The molecule has 0 bridgehead atoms. The highest BCUT2D eigenvalue weighted by atomic mass is 19.4. The predicted molar refractivity (Wildman–Crippen MR) is 59.1 cm³/mol. The third-order valence-corrected chi connectivity index (χ3v) is 2.42. The molecule has 0 amide bonds. The van der Waals surface area contributed by atoms with Crippen LogP contribution in [0.4, 0.5) is 13.2 Å². The Morgan fingerprint density at radius 2 is 1.56 bits per heavy atom. The third kappa shape index (κ3) is 2.61. The fourth-order valence-corrected chi connectivity index (χ4v) is 1.55. The average Bonchev–Trinajstić information content (AvgIpc) is 2.34. The molecular weight excluding hydrogens is 251 g/mol. The quantitative estimate of drug-likeness (QED) is 0.907. The molecular formula is C11H14F3NO3. The Kier molecular flexibility index (Phi) is 4.28. The minimum atomic E-state index is -4.56. The summed E-state index contributed by atoms with van der Waals surface area (Å²) in [4.78, 5) is 0. The standard InChI is InChI=1S/C11H14F3NO3/c1-16-7-5-4-6(10(15)11(12,13)14)8(17-2)9(7)18-3/h4-5,10H,15H2,1-3H3/t10-/m1/s1. The van der Waals surface area contributed by atoms with Crippen molar-refractivity contribution >= 4 is 0 Å². The molecule has 0 unspecified atom stereocenters. The number of hydrogen-bond donors (Lipinski definition) is 1. The maximum Gasteiger partial charge on any atom is 0.407 e. The lowest BCUT2D eigenvalue weighted by Gasteiger charge is -2.21. The van der Waals surface area contributed by atoms with Crippen molar-refractivity contribution in [2.75, 3.05) is 21.3 Å². The summed E-state index contributed by atoms with van der Waals surface area (Å²) in [5.74, 6) is 0.270. The first-order valence-corrected chi connectivity index (χ1v) is 4.98. The third-order valence-electron chi connectivity index (χ3n) is 2.42. The van der Waals surface area contributed by atoms with Crippen molar-refractivity contribution in [2.45, 2.75) is 12.2 Å². The normalized spacial score (nSPS) is 13.1. The van der Waals surface area contributed by atoms with Crippen LogP contribution in [-0.2, 0) is 0 Å². The van der Waals surface area contributed by atoms with Crippen LogP contribution in [-0.4, -0.2) is 27.5 Å². The van der Waals surface area contributed by atoms with Gasteiger partial charge >= 0.3 is 6.18 Å². The lowest BCUT2D eigenvalue weighted by atomic mass is 10.0. The van der Waals surface area contributed by atoms with Crippen LogP contribution in [0, 0.1) is 0 Å². The van der Waals surface area contributed by atoms with Crippen molar-refractivity contribution in [1.82, 2.24) is 0 Å². The highest BCUT2D eigenvalue weighted by Crippen LogP contribution is 2.44. The van der Waals surface area contributed by atoms with Crippen LogP contribution < -0.4 is 19.9 Å². The molecule has 0 aromatic heterocycles. The van der Waals surface area contributed by atoms with E-state index in [-0.39, 0.29) is 22.8 Å². The zero-order valence-corrected chi connectivity index (χ0v) is 10.2. The Morgan fingerprint density at radius 1 is 1.00 bits per heavy atom. The fraction of sp³-hybridized carbons (Fsp3) is 0.455. The van der Waals surface area contributed by atoms with E-state index >= 15 is 0 Å². The van der Waals surface area contributed by atoms with Crippen molar-refractivity contribution < 1.29 is 27.4 Å². The predicted octanol–water partition coefficient (Wildman–Crippen LogP) is 2.27. The number of methoxy groups -OCH3 is 3. The van der Waals surface area contributed by atoms with E-state index in [0.717, 1.165) is 0 Å². The number of nitrogens with two attached hydrogens (primary N) is 1. The van der Waals surface area contributed by atoms with Crippen molar-refractivity contribution in [3.05, 3.63) is 17.7 Å². The largest absolute Gasteiger partial charge is 0.493 e. The van der Waals surface area contributed by atoms with Crippen LogP contribution in [0.15, 0.2) is 12.1 Å². The zero-order chi connectivity index (χ0) is 13.9. The van der Waals surface area contributed by atoms with Crippen LogP contribution in [0.25, 0.3) is 0 Å².